The number of nitriles is 1. The summed E-state index contributed by atoms with van der Waals surface area (Å²) in [5.74, 6) is 0. The van der Waals surface area contributed by atoms with Gasteiger partial charge in [0.1, 0.15) is 30.3 Å². The summed E-state index contributed by atoms with van der Waals surface area (Å²) in [5.41, 5.74) is 15.3. The monoisotopic (exact) mass is 2040 g/mol. The first kappa shape index (κ1) is 133. The van der Waals surface area contributed by atoms with Crippen molar-refractivity contribution in [2.24, 2.45) is 5.73 Å². The van der Waals surface area contributed by atoms with Crippen molar-refractivity contribution in [1.82, 2.24) is 9.97 Å². The molecule has 7 aromatic rings. The molecular formula is C117H208BrClN4S8. The summed E-state index contributed by atoms with van der Waals surface area (Å²) in [6.45, 7) is 16.0. The van der Waals surface area contributed by atoms with Crippen LogP contribution in [0.15, 0.2) is 66.4 Å². The molecule has 0 aromatic carbocycles. The fourth-order valence-electron chi connectivity index (χ4n) is 17.0. The highest BCUT2D eigenvalue weighted by molar-refractivity contribution is 9.11. The predicted molar refractivity (Wildman–Crippen MR) is 620 cm³/mol. The van der Waals surface area contributed by atoms with Crippen LogP contribution in [0.2, 0.25) is 4.34 Å². The van der Waals surface area contributed by atoms with Gasteiger partial charge >= 0.3 is 0 Å². The number of nitrogens with zero attached hydrogens (tertiary/aromatic N) is 3. The van der Waals surface area contributed by atoms with Gasteiger partial charge in [-0.3, -0.25) is 0 Å². The van der Waals surface area contributed by atoms with Crippen molar-refractivity contribution in [3.8, 4) is 25.8 Å². The third kappa shape index (κ3) is 72.8. The van der Waals surface area contributed by atoms with E-state index >= 15 is 0 Å². The molecule has 131 heavy (non-hydrogen) atoms. The summed E-state index contributed by atoms with van der Waals surface area (Å²) < 4.78 is 2.24. The number of thiazole rings is 2. The SMILES string of the molecule is C.C.C.C.C.CCCCCCCCCCCCc1ccsc1-c1nc(CCCCCCCCCCCC)c(Cl)s1.CCCCCCCCCCCCc1ccsc1Br.CCCCCCCCCCCCc1ccsc1C#N.CCCCCCCCCCCCc1ccsc1C(N)=S.CCCCCCCCCCCCc1csc(-c2sccc2CCCCCCCCCCCC)n1. The van der Waals surface area contributed by atoms with Crippen molar-refractivity contribution in [3.63, 3.8) is 0 Å². The Morgan fingerprint density at radius 3 is 0.878 bits per heavy atom. The Kier molecular flexibility index (Phi) is 101. The molecule has 0 amide bonds. The molecule has 0 saturated carbocycles. The van der Waals surface area contributed by atoms with E-state index in [1.165, 1.54) is 521 Å². The summed E-state index contributed by atoms with van der Waals surface area (Å²) in [5, 5.41) is 24.5. The highest BCUT2D eigenvalue weighted by Crippen LogP contribution is 2.39. The summed E-state index contributed by atoms with van der Waals surface area (Å²) in [6.07, 6.45) is 106. The Hall–Kier alpha value is -2.09. The number of aryl methyl sites for hydroxylation is 7. The number of aromatic nitrogens is 2. The Morgan fingerprint density at radius 1 is 0.305 bits per heavy atom. The van der Waals surface area contributed by atoms with E-state index in [9.17, 15) is 0 Å². The van der Waals surface area contributed by atoms with Gasteiger partial charge in [0, 0.05) is 5.38 Å². The average molecular weight is 2040 g/mol. The lowest BCUT2D eigenvalue weighted by Gasteiger charge is -2.04. The third-order valence-corrected chi connectivity index (χ3v) is 33.6. The molecule has 2 N–H and O–H groups in total. The largest absolute Gasteiger partial charge is 0.389 e. The number of halogens is 2. The molecule has 758 valence electrons. The van der Waals surface area contributed by atoms with Gasteiger partial charge in [-0.15, -0.1) is 79.4 Å². The van der Waals surface area contributed by atoms with E-state index < -0.39 is 0 Å². The minimum atomic E-state index is 0. The van der Waals surface area contributed by atoms with Gasteiger partial charge in [-0.25, -0.2) is 9.97 Å². The zero-order valence-corrected chi connectivity index (χ0v) is 91.1. The highest BCUT2D eigenvalue weighted by Gasteiger charge is 2.17. The molecule has 0 saturated heterocycles. The molecule has 14 heteroatoms. The smallest absolute Gasteiger partial charge is 0.135 e. The molecule has 0 unspecified atom stereocenters. The maximum Gasteiger partial charge on any atom is 0.135 e. The molecule has 0 bridgehead atoms. The molecule has 0 radical (unpaired) electrons. The van der Waals surface area contributed by atoms with E-state index in [1.807, 2.05) is 39.4 Å². The van der Waals surface area contributed by atoms with Crippen molar-refractivity contribution < 1.29 is 0 Å². The molecule has 0 aliphatic carbocycles. The lowest BCUT2D eigenvalue weighted by Crippen LogP contribution is -2.09. The lowest BCUT2D eigenvalue weighted by atomic mass is 10.0. The van der Waals surface area contributed by atoms with Gasteiger partial charge < -0.3 is 5.73 Å². The number of rotatable bonds is 80. The van der Waals surface area contributed by atoms with Crippen LogP contribution >= 0.6 is 119 Å². The van der Waals surface area contributed by atoms with Gasteiger partial charge in [0.15, 0.2) is 0 Å². The van der Waals surface area contributed by atoms with Gasteiger partial charge in [0.25, 0.3) is 0 Å². The minimum Gasteiger partial charge on any atom is -0.389 e. The van der Waals surface area contributed by atoms with E-state index in [-0.39, 0.29) is 37.1 Å². The van der Waals surface area contributed by atoms with Crippen LogP contribution in [0.3, 0.4) is 0 Å². The first-order valence-electron chi connectivity index (χ1n) is 53.4. The summed E-state index contributed by atoms with van der Waals surface area (Å²) >= 11 is 27.6. The van der Waals surface area contributed by atoms with Crippen LogP contribution in [-0.4, -0.2) is 15.0 Å². The molecule has 7 heterocycles. The van der Waals surface area contributed by atoms with Gasteiger partial charge in [-0.2, -0.15) is 5.26 Å². The fraction of sp³-hybridized carbons (Fsp3) is 0.761. The number of hydrogen-bond acceptors (Lipinski definition) is 11. The summed E-state index contributed by atoms with van der Waals surface area (Å²) in [7, 11) is 0. The number of thiophene rings is 5. The molecule has 4 nitrogen and oxygen atoms in total. The van der Waals surface area contributed by atoms with Crippen molar-refractivity contribution in [2.45, 2.75) is 580 Å². The van der Waals surface area contributed by atoms with Crippen molar-refractivity contribution in [1.29, 1.82) is 5.26 Å². The first-order valence-corrected chi connectivity index (χ1v) is 61.0. The number of thiocarbonyl (C=S) groups is 1. The van der Waals surface area contributed by atoms with Gasteiger partial charge in [0.2, 0.25) is 0 Å². The van der Waals surface area contributed by atoms with Crippen LogP contribution in [0.4, 0.5) is 0 Å². The summed E-state index contributed by atoms with van der Waals surface area (Å²) in [4.78, 5) is 15.4. The Morgan fingerprint density at radius 2 is 0.557 bits per heavy atom. The second kappa shape index (κ2) is 99.5. The normalized spacial score (nSPS) is 10.7. The van der Waals surface area contributed by atoms with E-state index in [4.69, 9.17) is 44.8 Å². The highest BCUT2D eigenvalue weighted by atomic mass is 79.9. The zero-order valence-electron chi connectivity index (χ0n) is 82.2. The second-order valence-electron chi connectivity index (χ2n) is 36.7. The first-order chi connectivity index (χ1) is 62.1. The molecule has 0 aliphatic rings. The maximum atomic E-state index is 8.93. The molecule has 0 atom stereocenters. The van der Waals surface area contributed by atoms with Crippen molar-refractivity contribution >= 4 is 124 Å². The van der Waals surface area contributed by atoms with Crippen LogP contribution in [0, 0.1) is 11.3 Å². The topological polar surface area (TPSA) is 75.6 Å². The standard InChI is InChI=1S/C31H52ClNS2.C31H53NS2.C17H29NS2.C17H27NS.C16H27BrS.5CH4/c1-3-5-7-9-11-13-15-17-19-21-23-27-25-26-34-29(27)31-33-28(30(32)35-31)24-22-20-18-16-14-12-10-8-6-4-2;1-3-5-7-9-11-13-15-17-19-21-23-28-25-26-33-30(28)31-32-29(27-34-31)24-22-20-18-16-14-12-10-8-6-4-2;1-2-3-4-5-6-7-8-9-10-11-12-15-13-14-20-16(15)17(18)19;1-2-3-4-5-6-7-8-9-10-11-12-16-13-14-19-17(16)15-18;1-2-3-4-5-6-7-8-9-10-11-12-15-13-14-18-16(15)17;;;;;/h25-26H,3-24H2,1-2H3;25-27H,3-24H2,1-2H3;13-14H,2-12H2,1H3,(H2,18,19);13-14H,2-12H2,1H3;13-14H,2-12H2,1H3;5*1H4. The Balaban J connectivity index is -0.00000159. The zero-order chi connectivity index (χ0) is 90.5. The Labute approximate surface area is 862 Å². The molecule has 0 spiro atoms. The maximum absolute atomic E-state index is 8.93. The third-order valence-electron chi connectivity index (χ3n) is 25.1. The molecule has 7 rings (SSSR count). The van der Waals surface area contributed by atoms with Gasteiger partial charge in [-0.05, 0) is 191 Å². The van der Waals surface area contributed by atoms with E-state index in [0.29, 0.717) is 4.99 Å². The summed E-state index contributed by atoms with van der Waals surface area (Å²) in [6, 6.07) is 13.5. The Bertz CT molecular complexity index is 3500. The number of nitrogens with two attached hydrogens (primary N) is 1. The predicted octanol–water partition coefficient (Wildman–Crippen LogP) is 46.3. The van der Waals surface area contributed by atoms with Crippen LogP contribution in [0.25, 0.3) is 19.8 Å². The fourth-order valence-corrected chi connectivity index (χ4v) is 24.4. The van der Waals surface area contributed by atoms with Crippen LogP contribution in [0.5, 0.6) is 0 Å². The lowest BCUT2D eigenvalue weighted by molar-refractivity contribution is 0.555. The quantitative estimate of drug-likeness (QED) is 0.0304. The molecule has 7 aromatic heterocycles. The van der Waals surface area contributed by atoms with Gasteiger partial charge in [-0.1, -0.05) is 514 Å². The number of hydrogen-bond donors (Lipinski definition) is 1. The van der Waals surface area contributed by atoms with E-state index in [1.54, 1.807) is 45.3 Å². The average Bonchev–Trinajstić information content (AvgIpc) is 1.70. The van der Waals surface area contributed by atoms with Crippen LogP contribution in [-0.2, 0) is 44.9 Å². The van der Waals surface area contributed by atoms with Crippen LogP contribution < -0.4 is 5.73 Å². The molecule has 0 fully saturated rings. The van der Waals surface area contributed by atoms with E-state index in [2.05, 4.69) is 128 Å². The molecule has 0 aliphatic heterocycles. The van der Waals surface area contributed by atoms with E-state index in [0.717, 1.165) is 50.5 Å². The van der Waals surface area contributed by atoms with Crippen molar-refractivity contribution in [3.05, 3.63) is 120 Å². The number of unbranched alkanes of at least 4 members (excludes halogenated alkanes) is 63. The van der Waals surface area contributed by atoms with Gasteiger partial charge in [0.05, 0.1) is 29.8 Å². The second-order valence-corrected chi connectivity index (χ2v) is 45.5. The van der Waals surface area contributed by atoms with Crippen molar-refractivity contribution in [2.75, 3.05) is 0 Å². The van der Waals surface area contributed by atoms with Crippen LogP contribution in [0.1, 0.15) is 584 Å². The molecular weight excluding hydrogens is 1830 g/mol. The minimum absolute atomic E-state index is 0.